The first-order valence-electron chi connectivity index (χ1n) is 7.53. The molecule has 0 unspecified atom stereocenters. The van der Waals surface area contributed by atoms with E-state index in [2.05, 4.69) is 35.1 Å². The number of nitrogens with one attached hydrogen (secondary N) is 1. The first kappa shape index (κ1) is 17.8. The van der Waals surface area contributed by atoms with Crippen molar-refractivity contribution in [3.05, 3.63) is 57.0 Å². The minimum atomic E-state index is -0.198. The van der Waals surface area contributed by atoms with E-state index in [1.807, 2.05) is 24.3 Å². The van der Waals surface area contributed by atoms with Crippen LogP contribution in [0.1, 0.15) is 25.0 Å². The van der Waals surface area contributed by atoms with Gasteiger partial charge in [-0.3, -0.25) is 4.79 Å². The third-order valence-electron chi connectivity index (χ3n) is 3.49. The van der Waals surface area contributed by atoms with Crippen LogP contribution in [0.5, 0.6) is 5.75 Å². The molecule has 0 radical (unpaired) electrons. The molecule has 0 aromatic heterocycles. The highest BCUT2D eigenvalue weighted by Gasteiger charge is 2.12. The van der Waals surface area contributed by atoms with Crippen LogP contribution in [-0.4, -0.2) is 12.5 Å². The highest BCUT2D eigenvalue weighted by molar-refractivity contribution is 9.10. The molecule has 1 amide bonds. The van der Waals surface area contributed by atoms with Gasteiger partial charge in [0, 0.05) is 10.2 Å². The molecule has 0 aliphatic heterocycles. The van der Waals surface area contributed by atoms with Gasteiger partial charge >= 0.3 is 0 Å². The molecule has 0 atom stereocenters. The Kier molecular flexibility index (Phi) is 6.48. The van der Waals surface area contributed by atoms with Gasteiger partial charge in [0.2, 0.25) is 0 Å². The Balaban J connectivity index is 2.10. The van der Waals surface area contributed by atoms with E-state index in [1.165, 1.54) is 0 Å². The lowest BCUT2D eigenvalue weighted by Crippen LogP contribution is -2.22. The van der Waals surface area contributed by atoms with E-state index in [1.54, 1.807) is 12.1 Å². The number of benzene rings is 2. The van der Waals surface area contributed by atoms with E-state index in [-0.39, 0.29) is 12.5 Å². The van der Waals surface area contributed by atoms with Crippen molar-refractivity contribution in [2.45, 2.75) is 26.7 Å². The minimum Gasteiger partial charge on any atom is -0.482 e. The molecule has 0 fully saturated rings. The zero-order valence-corrected chi connectivity index (χ0v) is 15.5. The Bertz CT molecular complexity index is 678. The number of rotatable bonds is 6. The number of amides is 1. The van der Waals surface area contributed by atoms with Crippen LogP contribution in [0.25, 0.3) is 0 Å². The number of para-hydroxylation sites is 1. The summed E-state index contributed by atoms with van der Waals surface area (Å²) < 4.78 is 6.51. The van der Waals surface area contributed by atoms with Gasteiger partial charge in [0.1, 0.15) is 5.75 Å². The molecule has 3 nitrogen and oxygen atoms in total. The lowest BCUT2D eigenvalue weighted by Gasteiger charge is -2.16. The smallest absolute Gasteiger partial charge is 0.262 e. The molecule has 2 aromatic carbocycles. The molecular weight excluding hydrogens is 378 g/mol. The van der Waals surface area contributed by atoms with Crippen LogP contribution in [-0.2, 0) is 17.6 Å². The topological polar surface area (TPSA) is 38.3 Å². The van der Waals surface area contributed by atoms with E-state index in [0.717, 1.165) is 34.1 Å². The van der Waals surface area contributed by atoms with Crippen molar-refractivity contribution in [2.75, 3.05) is 11.9 Å². The standard InChI is InChI=1S/C18H19BrClNO2/c1-3-12-9-14(19)10-13(4-2)18(12)21-17(22)11-23-16-8-6-5-7-15(16)20/h5-10H,3-4,11H2,1-2H3,(H,21,22). The normalized spacial score (nSPS) is 10.4. The number of aryl methyl sites for hydroxylation is 2. The van der Waals surface area contributed by atoms with Crippen molar-refractivity contribution in [1.29, 1.82) is 0 Å². The van der Waals surface area contributed by atoms with E-state index >= 15 is 0 Å². The summed E-state index contributed by atoms with van der Waals surface area (Å²) in [6.07, 6.45) is 1.68. The zero-order valence-electron chi connectivity index (χ0n) is 13.2. The molecule has 122 valence electrons. The summed E-state index contributed by atoms with van der Waals surface area (Å²) in [7, 11) is 0. The molecule has 0 heterocycles. The molecule has 23 heavy (non-hydrogen) atoms. The minimum absolute atomic E-state index is 0.0773. The molecule has 1 N–H and O–H groups in total. The van der Waals surface area contributed by atoms with Gasteiger partial charge in [0.05, 0.1) is 5.02 Å². The second-order valence-electron chi connectivity index (χ2n) is 5.07. The first-order valence-corrected chi connectivity index (χ1v) is 8.70. The maximum absolute atomic E-state index is 12.2. The largest absolute Gasteiger partial charge is 0.482 e. The fraction of sp³-hybridized carbons (Fsp3) is 0.278. The average Bonchev–Trinajstić information content (AvgIpc) is 2.55. The van der Waals surface area contributed by atoms with Gasteiger partial charge in [-0.25, -0.2) is 0 Å². The molecule has 2 rings (SSSR count). The molecule has 0 saturated heterocycles. The van der Waals surface area contributed by atoms with Gasteiger partial charge < -0.3 is 10.1 Å². The van der Waals surface area contributed by atoms with Gasteiger partial charge in [0.25, 0.3) is 5.91 Å². The molecule has 0 saturated carbocycles. The van der Waals surface area contributed by atoms with Crippen molar-refractivity contribution in [2.24, 2.45) is 0 Å². The van der Waals surface area contributed by atoms with Gasteiger partial charge in [-0.1, -0.05) is 53.5 Å². The van der Waals surface area contributed by atoms with Crippen LogP contribution in [0.4, 0.5) is 5.69 Å². The molecule has 0 aliphatic carbocycles. The maximum atomic E-state index is 12.2. The van der Waals surface area contributed by atoms with Crippen molar-refractivity contribution in [1.82, 2.24) is 0 Å². The number of carbonyl (C=O) groups excluding carboxylic acids is 1. The van der Waals surface area contributed by atoms with Crippen LogP contribution in [0.15, 0.2) is 40.9 Å². The van der Waals surface area contributed by atoms with Crippen LogP contribution >= 0.6 is 27.5 Å². The van der Waals surface area contributed by atoms with Crippen LogP contribution in [0, 0.1) is 0 Å². The highest BCUT2D eigenvalue weighted by atomic mass is 79.9. The number of carbonyl (C=O) groups is 1. The average molecular weight is 397 g/mol. The van der Waals surface area contributed by atoms with E-state index < -0.39 is 0 Å². The van der Waals surface area contributed by atoms with Crippen LogP contribution < -0.4 is 10.1 Å². The monoisotopic (exact) mass is 395 g/mol. The van der Waals surface area contributed by atoms with Gasteiger partial charge in [-0.2, -0.15) is 0 Å². The molecule has 0 aliphatic rings. The maximum Gasteiger partial charge on any atom is 0.262 e. The number of hydrogen-bond acceptors (Lipinski definition) is 2. The molecule has 5 heteroatoms. The number of hydrogen-bond donors (Lipinski definition) is 1. The van der Waals surface area contributed by atoms with E-state index in [0.29, 0.717) is 10.8 Å². The van der Waals surface area contributed by atoms with Crippen LogP contribution in [0.3, 0.4) is 0 Å². The van der Waals surface area contributed by atoms with Crippen molar-refractivity contribution < 1.29 is 9.53 Å². The number of ether oxygens (including phenoxy) is 1. The zero-order chi connectivity index (χ0) is 16.8. The summed E-state index contributed by atoms with van der Waals surface area (Å²) in [5.74, 6) is 0.309. The predicted molar refractivity (Wildman–Crippen MR) is 98.5 cm³/mol. The summed E-state index contributed by atoms with van der Waals surface area (Å²) >= 11 is 9.53. The molecule has 0 bridgehead atoms. The fourth-order valence-corrected chi connectivity index (χ4v) is 3.07. The quantitative estimate of drug-likeness (QED) is 0.724. The lowest BCUT2D eigenvalue weighted by atomic mass is 10.0. The number of anilines is 1. The summed E-state index contributed by atoms with van der Waals surface area (Å²) in [6.45, 7) is 4.06. The molecule has 0 spiro atoms. The Morgan fingerprint density at radius 1 is 1.17 bits per heavy atom. The van der Waals surface area contributed by atoms with Gasteiger partial charge in [-0.15, -0.1) is 0 Å². The van der Waals surface area contributed by atoms with Crippen molar-refractivity contribution in [3.8, 4) is 5.75 Å². The molecule has 2 aromatic rings. The van der Waals surface area contributed by atoms with Crippen molar-refractivity contribution >= 4 is 39.1 Å². The third kappa shape index (κ3) is 4.72. The first-order chi connectivity index (χ1) is 11.0. The molecular formula is C18H19BrClNO2. The predicted octanol–water partition coefficient (Wildman–Crippen LogP) is 5.24. The Hall–Kier alpha value is -1.52. The summed E-state index contributed by atoms with van der Waals surface area (Å²) in [6, 6.07) is 11.2. The highest BCUT2D eigenvalue weighted by Crippen LogP contribution is 2.28. The van der Waals surface area contributed by atoms with E-state index in [4.69, 9.17) is 16.3 Å². The Morgan fingerprint density at radius 3 is 2.35 bits per heavy atom. The van der Waals surface area contributed by atoms with Gasteiger partial charge in [-0.05, 0) is 48.2 Å². The second kappa shape index (κ2) is 8.37. The number of halogens is 2. The summed E-state index contributed by atoms with van der Waals surface area (Å²) in [5.41, 5.74) is 3.08. The lowest BCUT2D eigenvalue weighted by molar-refractivity contribution is -0.118. The summed E-state index contributed by atoms with van der Waals surface area (Å²) in [4.78, 5) is 12.2. The van der Waals surface area contributed by atoms with Crippen LogP contribution in [0.2, 0.25) is 5.02 Å². The van der Waals surface area contributed by atoms with E-state index in [9.17, 15) is 4.79 Å². The Labute approximate surface area is 150 Å². The SMILES string of the molecule is CCc1cc(Br)cc(CC)c1NC(=O)COc1ccccc1Cl. The second-order valence-corrected chi connectivity index (χ2v) is 6.40. The summed E-state index contributed by atoms with van der Waals surface area (Å²) in [5, 5.41) is 3.46. The Morgan fingerprint density at radius 2 is 1.78 bits per heavy atom. The van der Waals surface area contributed by atoms with Crippen molar-refractivity contribution in [3.63, 3.8) is 0 Å². The third-order valence-corrected chi connectivity index (χ3v) is 4.26. The van der Waals surface area contributed by atoms with Gasteiger partial charge in [0.15, 0.2) is 6.61 Å². The fourth-order valence-electron chi connectivity index (χ4n) is 2.32.